The van der Waals surface area contributed by atoms with Crippen LogP contribution in [0.5, 0.6) is 5.75 Å². The summed E-state index contributed by atoms with van der Waals surface area (Å²) in [6.07, 6.45) is 1.95. The van der Waals surface area contributed by atoms with Crippen molar-refractivity contribution in [1.82, 2.24) is 4.90 Å². The molecule has 0 aliphatic carbocycles. The third-order valence-corrected chi connectivity index (χ3v) is 4.37. The van der Waals surface area contributed by atoms with E-state index >= 15 is 0 Å². The second-order valence-corrected chi connectivity index (χ2v) is 5.97. The molecule has 120 valence electrons. The van der Waals surface area contributed by atoms with E-state index in [-0.39, 0.29) is 12.1 Å². The Kier molecular flexibility index (Phi) is 4.72. The van der Waals surface area contributed by atoms with Crippen molar-refractivity contribution >= 4 is 23.3 Å². The molecular weight excluding hydrogens is 312 g/mol. The number of benzene rings is 2. The van der Waals surface area contributed by atoms with Crippen LogP contribution < -0.4 is 10.1 Å². The fourth-order valence-corrected chi connectivity index (χ4v) is 3.10. The minimum absolute atomic E-state index is 0.0852. The van der Waals surface area contributed by atoms with E-state index in [9.17, 15) is 4.79 Å². The maximum Gasteiger partial charge on any atom is 0.322 e. The summed E-state index contributed by atoms with van der Waals surface area (Å²) in [4.78, 5) is 14.5. The maximum absolute atomic E-state index is 12.7. The second-order valence-electron chi connectivity index (χ2n) is 5.53. The molecule has 4 nitrogen and oxygen atoms in total. The van der Waals surface area contributed by atoms with Gasteiger partial charge < -0.3 is 15.0 Å². The summed E-state index contributed by atoms with van der Waals surface area (Å²) in [7, 11) is 1.59. The average molecular weight is 331 g/mol. The van der Waals surface area contributed by atoms with Crippen LogP contribution in [0.1, 0.15) is 24.4 Å². The van der Waals surface area contributed by atoms with E-state index in [1.54, 1.807) is 7.11 Å². The van der Waals surface area contributed by atoms with E-state index in [1.165, 1.54) is 0 Å². The van der Waals surface area contributed by atoms with Gasteiger partial charge in [0.05, 0.1) is 18.8 Å². The molecule has 0 spiro atoms. The van der Waals surface area contributed by atoms with Crippen LogP contribution in [0.2, 0.25) is 5.02 Å². The first-order valence-corrected chi connectivity index (χ1v) is 8.03. The Morgan fingerprint density at radius 2 is 1.96 bits per heavy atom. The van der Waals surface area contributed by atoms with Crippen LogP contribution in [0.3, 0.4) is 0 Å². The van der Waals surface area contributed by atoms with Crippen molar-refractivity contribution in [2.75, 3.05) is 19.0 Å². The first-order valence-electron chi connectivity index (χ1n) is 7.65. The highest BCUT2D eigenvalue weighted by Gasteiger charge is 2.30. The summed E-state index contributed by atoms with van der Waals surface area (Å²) in [5, 5.41) is 3.66. The predicted molar refractivity (Wildman–Crippen MR) is 92.1 cm³/mol. The Balaban J connectivity index is 1.77. The normalized spacial score (nSPS) is 17.1. The Morgan fingerprint density at radius 3 is 2.70 bits per heavy atom. The van der Waals surface area contributed by atoms with Gasteiger partial charge in [0.2, 0.25) is 0 Å². The fourth-order valence-electron chi connectivity index (χ4n) is 2.98. The van der Waals surface area contributed by atoms with Crippen LogP contribution in [-0.4, -0.2) is 24.6 Å². The average Bonchev–Trinajstić information content (AvgIpc) is 3.06. The van der Waals surface area contributed by atoms with Gasteiger partial charge in [-0.1, -0.05) is 35.9 Å². The highest BCUT2D eigenvalue weighted by atomic mass is 35.5. The van der Waals surface area contributed by atoms with E-state index in [0.717, 1.165) is 24.9 Å². The summed E-state index contributed by atoms with van der Waals surface area (Å²) < 4.78 is 5.29. The zero-order valence-corrected chi connectivity index (χ0v) is 13.7. The van der Waals surface area contributed by atoms with Crippen LogP contribution in [0.25, 0.3) is 0 Å². The number of nitrogens with one attached hydrogen (secondary N) is 1. The maximum atomic E-state index is 12.7. The molecule has 23 heavy (non-hydrogen) atoms. The molecule has 1 atom stereocenters. The molecule has 0 saturated carbocycles. The molecule has 1 fully saturated rings. The lowest BCUT2D eigenvalue weighted by Gasteiger charge is -2.25. The van der Waals surface area contributed by atoms with Crippen LogP contribution >= 0.6 is 11.6 Å². The molecule has 0 radical (unpaired) electrons. The molecule has 1 aliphatic heterocycles. The van der Waals surface area contributed by atoms with Crippen molar-refractivity contribution in [3.8, 4) is 5.75 Å². The monoisotopic (exact) mass is 330 g/mol. The number of anilines is 1. The fraction of sp³-hybridized carbons (Fsp3) is 0.278. The molecule has 0 bridgehead atoms. The summed E-state index contributed by atoms with van der Waals surface area (Å²) in [5.74, 6) is 0.656. The van der Waals surface area contributed by atoms with Crippen molar-refractivity contribution < 1.29 is 9.53 Å². The van der Waals surface area contributed by atoms with Crippen LogP contribution in [0.15, 0.2) is 48.5 Å². The van der Waals surface area contributed by atoms with Crippen molar-refractivity contribution in [3.63, 3.8) is 0 Å². The van der Waals surface area contributed by atoms with Crippen molar-refractivity contribution in [2.45, 2.75) is 18.9 Å². The highest BCUT2D eigenvalue weighted by molar-refractivity contribution is 6.30. The molecule has 1 aliphatic rings. The zero-order chi connectivity index (χ0) is 16.2. The minimum atomic E-state index is -0.105. The first-order chi connectivity index (χ1) is 11.2. The van der Waals surface area contributed by atoms with E-state index < -0.39 is 0 Å². The number of ether oxygens (including phenoxy) is 1. The number of nitrogens with zero attached hydrogens (tertiary/aromatic N) is 1. The number of methoxy groups -OCH3 is 1. The lowest BCUT2D eigenvalue weighted by molar-refractivity contribution is 0.207. The van der Waals surface area contributed by atoms with E-state index in [1.807, 2.05) is 53.4 Å². The largest absolute Gasteiger partial charge is 0.495 e. The number of amides is 2. The Bertz CT molecular complexity index is 688. The zero-order valence-electron chi connectivity index (χ0n) is 13.0. The molecule has 0 aromatic heterocycles. The highest BCUT2D eigenvalue weighted by Crippen LogP contribution is 2.33. The molecule has 1 N–H and O–H groups in total. The van der Waals surface area contributed by atoms with Gasteiger partial charge >= 0.3 is 6.03 Å². The number of halogens is 1. The van der Waals surface area contributed by atoms with Gasteiger partial charge in [-0.3, -0.25) is 0 Å². The Hall–Kier alpha value is -2.20. The molecule has 1 heterocycles. The van der Waals surface area contributed by atoms with Crippen molar-refractivity contribution in [1.29, 1.82) is 0 Å². The van der Waals surface area contributed by atoms with Crippen LogP contribution in [-0.2, 0) is 0 Å². The van der Waals surface area contributed by atoms with Gasteiger partial charge in [0.15, 0.2) is 0 Å². The summed E-state index contributed by atoms with van der Waals surface area (Å²) in [6.45, 7) is 0.744. The lowest BCUT2D eigenvalue weighted by atomic mass is 10.1. The van der Waals surface area contributed by atoms with Crippen LogP contribution in [0, 0.1) is 0 Å². The molecule has 2 aromatic rings. The third kappa shape index (κ3) is 3.42. The molecule has 3 rings (SSSR count). The van der Waals surface area contributed by atoms with Gasteiger partial charge in [0.25, 0.3) is 0 Å². The van der Waals surface area contributed by atoms with E-state index in [4.69, 9.17) is 16.3 Å². The number of likely N-dealkylation sites (tertiary alicyclic amines) is 1. The topological polar surface area (TPSA) is 41.6 Å². The first kappa shape index (κ1) is 15.7. The van der Waals surface area contributed by atoms with Crippen molar-refractivity contribution in [2.24, 2.45) is 0 Å². The molecule has 2 amide bonds. The third-order valence-electron chi connectivity index (χ3n) is 4.12. The Labute approximate surface area is 141 Å². The van der Waals surface area contributed by atoms with Gasteiger partial charge in [-0.05, 0) is 42.7 Å². The summed E-state index contributed by atoms with van der Waals surface area (Å²) in [6, 6.07) is 15.1. The van der Waals surface area contributed by atoms with Gasteiger partial charge in [-0.25, -0.2) is 4.79 Å². The molecular formula is C18H19ClN2O2. The van der Waals surface area contributed by atoms with Gasteiger partial charge in [0, 0.05) is 11.6 Å². The van der Waals surface area contributed by atoms with Crippen molar-refractivity contribution in [3.05, 3.63) is 59.1 Å². The molecule has 2 aromatic carbocycles. The Morgan fingerprint density at radius 1 is 1.22 bits per heavy atom. The molecule has 5 heteroatoms. The number of hydrogen-bond acceptors (Lipinski definition) is 2. The van der Waals surface area contributed by atoms with Crippen LogP contribution in [0.4, 0.5) is 10.5 Å². The van der Waals surface area contributed by atoms with Gasteiger partial charge in [-0.15, -0.1) is 0 Å². The quantitative estimate of drug-likeness (QED) is 0.884. The second kappa shape index (κ2) is 6.92. The number of carbonyl (C=O) groups is 1. The van der Waals surface area contributed by atoms with Gasteiger partial charge in [-0.2, -0.15) is 0 Å². The standard InChI is InChI=1S/C18H19ClN2O2/c1-23-17-7-3-2-5-15(17)20-18(22)21-12-4-6-16(21)13-8-10-14(19)11-9-13/h2-3,5,7-11,16H,4,6,12H2,1H3,(H,20,22)/t16-/m1/s1. The lowest BCUT2D eigenvalue weighted by Crippen LogP contribution is -2.34. The predicted octanol–water partition coefficient (Wildman–Crippen LogP) is 4.72. The number of para-hydroxylation sites is 2. The number of rotatable bonds is 3. The van der Waals surface area contributed by atoms with E-state index in [0.29, 0.717) is 16.5 Å². The number of carbonyl (C=O) groups excluding carboxylic acids is 1. The minimum Gasteiger partial charge on any atom is -0.495 e. The number of hydrogen-bond donors (Lipinski definition) is 1. The van der Waals surface area contributed by atoms with Gasteiger partial charge in [0.1, 0.15) is 5.75 Å². The number of urea groups is 1. The molecule has 1 saturated heterocycles. The smallest absolute Gasteiger partial charge is 0.322 e. The SMILES string of the molecule is COc1ccccc1NC(=O)N1CCC[C@@H]1c1ccc(Cl)cc1. The van der Waals surface area contributed by atoms with E-state index in [2.05, 4.69) is 5.32 Å². The summed E-state index contributed by atoms with van der Waals surface area (Å²) in [5.41, 5.74) is 1.80. The molecule has 0 unspecified atom stereocenters. The summed E-state index contributed by atoms with van der Waals surface area (Å²) >= 11 is 5.95.